The van der Waals surface area contributed by atoms with E-state index in [1.54, 1.807) is 53.1 Å². The van der Waals surface area contributed by atoms with E-state index in [-0.39, 0.29) is 17.5 Å². The summed E-state index contributed by atoms with van der Waals surface area (Å²) in [6.45, 7) is 2.44. The smallest absolute Gasteiger partial charge is 0.269 e. The molecule has 0 aromatic heterocycles. The predicted molar refractivity (Wildman–Crippen MR) is 92.4 cm³/mol. The second kappa shape index (κ2) is 6.72. The summed E-state index contributed by atoms with van der Waals surface area (Å²) in [5.74, 6) is -0.380. The lowest BCUT2D eigenvalue weighted by Crippen LogP contribution is -2.57. The zero-order valence-corrected chi connectivity index (χ0v) is 13.7. The van der Waals surface area contributed by atoms with E-state index in [1.807, 2.05) is 6.07 Å². The van der Waals surface area contributed by atoms with E-state index in [2.05, 4.69) is 0 Å². The number of piperazine rings is 1. The van der Waals surface area contributed by atoms with Crippen molar-refractivity contribution in [3.63, 3.8) is 0 Å². The molecule has 128 valence electrons. The van der Waals surface area contributed by atoms with Crippen molar-refractivity contribution in [2.45, 2.75) is 13.0 Å². The molecule has 0 radical (unpaired) electrons. The van der Waals surface area contributed by atoms with Crippen LogP contribution in [0.3, 0.4) is 0 Å². The molecule has 1 heterocycles. The van der Waals surface area contributed by atoms with Crippen LogP contribution in [0.15, 0.2) is 54.6 Å². The molecule has 2 aromatic rings. The molecule has 2 aromatic carbocycles. The minimum Gasteiger partial charge on any atom is -0.325 e. The van der Waals surface area contributed by atoms with E-state index in [0.29, 0.717) is 24.3 Å². The third kappa shape index (κ3) is 3.21. The van der Waals surface area contributed by atoms with Gasteiger partial charge < -0.3 is 9.80 Å². The number of non-ortho nitro benzene ring substituents is 1. The fourth-order valence-electron chi connectivity index (χ4n) is 2.91. The van der Waals surface area contributed by atoms with Crippen LogP contribution in [0.1, 0.15) is 17.3 Å². The van der Waals surface area contributed by atoms with Gasteiger partial charge in [-0.15, -0.1) is 0 Å². The number of hydrogen-bond acceptors (Lipinski definition) is 4. The number of benzene rings is 2. The molecule has 3 rings (SSSR count). The summed E-state index contributed by atoms with van der Waals surface area (Å²) in [4.78, 5) is 38.7. The topological polar surface area (TPSA) is 83.8 Å². The highest BCUT2D eigenvalue weighted by atomic mass is 16.6. The van der Waals surface area contributed by atoms with Gasteiger partial charge in [-0.25, -0.2) is 0 Å². The normalized spacial score (nSPS) is 17.5. The lowest BCUT2D eigenvalue weighted by atomic mass is 10.1. The lowest BCUT2D eigenvalue weighted by Gasteiger charge is -2.39. The Hall–Kier alpha value is -3.22. The number of nitro benzene ring substituents is 1. The van der Waals surface area contributed by atoms with Crippen molar-refractivity contribution in [2.24, 2.45) is 0 Å². The highest BCUT2D eigenvalue weighted by molar-refractivity contribution is 6.03. The Morgan fingerprint density at radius 1 is 1.08 bits per heavy atom. The van der Waals surface area contributed by atoms with Crippen LogP contribution in [0.5, 0.6) is 0 Å². The first kappa shape index (κ1) is 16.6. The van der Waals surface area contributed by atoms with Crippen LogP contribution in [-0.2, 0) is 4.79 Å². The van der Waals surface area contributed by atoms with Crippen molar-refractivity contribution < 1.29 is 14.5 Å². The first-order chi connectivity index (χ1) is 12.0. The quantitative estimate of drug-likeness (QED) is 0.635. The van der Waals surface area contributed by atoms with Gasteiger partial charge in [0.15, 0.2) is 0 Å². The van der Waals surface area contributed by atoms with Crippen LogP contribution in [0.4, 0.5) is 11.4 Å². The largest absolute Gasteiger partial charge is 0.325 e. The molecule has 1 saturated heterocycles. The van der Waals surface area contributed by atoms with Gasteiger partial charge in [0, 0.05) is 36.5 Å². The summed E-state index contributed by atoms with van der Waals surface area (Å²) >= 11 is 0. The lowest BCUT2D eigenvalue weighted by molar-refractivity contribution is -0.384. The molecule has 0 saturated carbocycles. The van der Waals surface area contributed by atoms with Crippen LogP contribution in [0.25, 0.3) is 0 Å². The van der Waals surface area contributed by atoms with Crippen molar-refractivity contribution in [2.75, 3.05) is 18.0 Å². The van der Waals surface area contributed by atoms with Gasteiger partial charge in [-0.3, -0.25) is 19.7 Å². The zero-order valence-electron chi connectivity index (χ0n) is 13.7. The molecule has 1 fully saturated rings. The van der Waals surface area contributed by atoms with Crippen LogP contribution in [-0.4, -0.2) is 40.8 Å². The monoisotopic (exact) mass is 339 g/mol. The van der Waals surface area contributed by atoms with Gasteiger partial charge in [0.25, 0.3) is 11.6 Å². The van der Waals surface area contributed by atoms with Crippen molar-refractivity contribution in [3.05, 3.63) is 70.3 Å². The van der Waals surface area contributed by atoms with Crippen LogP contribution in [0.2, 0.25) is 0 Å². The minimum atomic E-state index is -0.600. The summed E-state index contributed by atoms with van der Waals surface area (Å²) in [5.41, 5.74) is 1.11. The number of hydrogen-bond donors (Lipinski definition) is 0. The van der Waals surface area contributed by atoms with Crippen molar-refractivity contribution in [3.8, 4) is 0 Å². The Morgan fingerprint density at radius 2 is 1.72 bits per heavy atom. The molecule has 1 aliphatic rings. The molecule has 0 aliphatic carbocycles. The SMILES string of the molecule is CC1C(=O)N(c2ccc([N+](=O)[O-])cc2)CCN1C(=O)c1ccccc1. The van der Waals surface area contributed by atoms with Crippen LogP contribution < -0.4 is 4.90 Å². The summed E-state index contributed by atoms with van der Waals surface area (Å²) in [5, 5.41) is 10.7. The maximum atomic E-state index is 12.7. The molecular weight excluding hydrogens is 322 g/mol. The third-order valence-electron chi connectivity index (χ3n) is 4.31. The van der Waals surface area contributed by atoms with Gasteiger partial charge in [0.1, 0.15) is 6.04 Å². The fourth-order valence-corrected chi connectivity index (χ4v) is 2.91. The van der Waals surface area contributed by atoms with Crippen molar-refractivity contribution in [1.29, 1.82) is 0 Å². The van der Waals surface area contributed by atoms with E-state index in [9.17, 15) is 19.7 Å². The maximum Gasteiger partial charge on any atom is 0.269 e. The Morgan fingerprint density at radius 3 is 2.32 bits per heavy atom. The molecule has 0 bridgehead atoms. The minimum absolute atomic E-state index is 0.0258. The highest BCUT2D eigenvalue weighted by Gasteiger charge is 2.35. The summed E-state index contributed by atoms with van der Waals surface area (Å²) < 4.78 is 0. The number of amides is 2. The van der Waals surface area contributed by atoms with Gasteiger partial charge in [-0.2, -0.15) is 0 Å². The zero-order chi connectivity index (χ0) is 18.0. The van der Waals surface area contributed by atoms with E-state index in [1.165, 1.54) is 12.1 Å². The number of nitrogens with zero attached hydrogens (tertiary/aromatic N) is 3. The third-order valence-corrected chi connectivity index (χ3v) is 4.31. The van der Waals surface area contributed by atoms with Gasteiger partial charge in [0.05, 0.1) is 4.92 Å². The average molecular weight is 339 g/mol. The average Bonchev–Trinajstić information content (AvgIpc) is 2.64. The summed E-state index contributed by atoms with van der Waals surface area (Å²) in [6.07, 6.45) is 0. The maximum absolute atomic E-state index is 12.7. The van der Waals surface area contributed by atoms with E-state index < -0.39 is 11.0 Å². The van der Waals surface area contributed by atoms with Crippen LogP contribution >= 0.6 is 0 Å². The van der Waals surface area contributed by atoms with Gasteiger partial charge >= 0.3 is 0 Å². The molecule has 1 atom stereocenters. The number of carbonyl (C=O) groups excluding carboxylic acids is 2. The first-order valence-corrected chi connectivity index (χ1v) is 7.91. The number of anilines is 1. The van der Waals surface area contributed by atoms with Gasteiger partial charge in [-0.05, 0) is 31.2 Å². The van der Waals surface area contributed by atoms with E-state index in [4.69, 9.17) is 0 Å². The van der Waals surface area contributed by atoms with Gasteiger partial charge in [-0.1, -0.05) is 18.2 Å². The Labute approximate surface area is 144 Å². The Bertz CT molecular complexity index is 805. The van der Waals surface area contributed by atoms with E-state index in [0.717, 1.165) is 0 Å². The molecule has 1 unspecified atom stereocenters. The molecule has 0 N–H and O–H groups in total. The highest BCUT2D eigenvalue weighted by Crippen LogP contribution is 2.24. The molecule has 25 heavy (non-hydrogen) atoms. The Kier molecular flexibility index (Phi) is 4.47. The van der Waals surface area contributed by atoms with Crippen molar-refractivity contribution >= 4 is 23.2 Å². The first-order valence-electron chi connectivity index (χ1n) is 7.91. The fraction of sp³-hybridized carbons (Fsp3) is 0.222. The predicted octanol–water partition coefficient (Wildman–Crippen LogP) is 2.47. The molecular formula is C18H17N3O4. The molecule has 2 amide bonds. The number of carbonyl (C=O) groups is 2. The van der Waals surface area contributed by atoms with Crippen LogP contribution in [0, 0.1) is 10.1 Å². The van der Waals surface area contributed by atoms with E-state index >= 15 is 0 Å². The standard InChI is InChI=1S/C18H17N3O4/c1-13-17(22)20(15-7-9-16(10-8-15)21(24)25)12-11-19(13)18(23)14-5-3-2-4-6-14/h2-10,13H,11-12H2,1H3. The summed E-state index contributed by atoms with van der Waals surface area (Å²) in [6, 6.07) is 14.1. The molecule has 0 spiro atoms. The Balaban J connectivity index is 1.77. The molecule has 7 nitrogen and oxygen atoms in total. The molecule has 7 heteroatoms. The molecule has 1 aliphatic heterocycles. The van der Waals surface area contributed by atoms with Gasteiger partial charge in [0.2, 0.25) is 5.91 Å². The second-order valence-corrected chi connectivity index (χ2v) is 5.80. The number of rotatable bonds is 3. The van der Waals surface area contributed by atoms with Crippen molar-refractivity contribution in [1.82, 2.24) is 4.90 Å². The second-order valence-electron chi connectivity index (χ2n) is 5.80. The summed E-state index contributed by atoms with van der Waals surface area (Å²) in [7, 11) is 0. The number of nitro groups is 1.